The first kappa shape index (κ1) is 20.8. The Morgan fingerprint density at radius 3 is 2.32 bits per heavy atom. The van der Waals surface area contributed by atoms with Crippen LogP contribution < -0.4 is 4.90 Å². The van der Waals surface area contributed by atoms with Gasteiger partial charge in [0.1, 0.15) is 5.82 Å². The summed E-state index contributed by atoms with van der Waals surface area (Å²) in [6.45, 7) is -0.302. The van der Waals surface area contributed by atoms with Crippen molar-refractivity contribution in [3.8, 4) is 6.07 Å². The molecule has 0 saturated heterocycles. The number of para-hydroxylation sites is 1. The van der Waals surface area contributed by atoms with Gasteiger partial charge >= 0.3 is 5.97 Å². The Balaban J connectivity index is 1.84. The average Bonchev–Trinajstić information content (AvgIpc) is 2.72. The molecule has 0 aliphatic rings. The fraction of sp³-hybridized carbons (Fsp3) is 0.238. The number of nitrogens with zero attached hydrogens (tertiary/aromatic N) is 2. The van der Waals surface area contributed by atoms with E-state index >= 15 is 0 Å². The summed E-state index contributed by atoms with van der Waals surface area (Å²) in [7, 11) is 0. The van der Waals surface area contributed by atoms with E-state index in [9.17, 15) is 18.8 Å². The molecule has 6 nitrogen and oxygen atoms in total. The number of benzene rings is 2. The molecule has 0 heterocycles. The van der Waals surface area contributed by atoms with E-state index in [0.29, 0.717) is 11.3 Å². The zero-order valence-corrected chi connectivity index (χ0v) is 15.1. The highest BCUT2D eigenvalue weighted by atomic mass is 19.1. The van der Waals surface area contributed by atoms with Gasteiger partial charge in [0.15, 0.2) is 12.4 Å². The van der Waals surface area contributed by atoms with Crippen LogP contribution in [-0.4, -0.2) is 30.8 Å². The van der Waals surface area contributed by atoms with Gasteiger partial charge in [-0.2, -0.15) is 5.26 Å². The van der Waals surface area contributed by atoms with E-state index in [0.717, 1.165) is 0 Å². The molecule has 0 bridgehead atoms. The van der Waals surface area contributed by atoms with E-state index in [1.165, 1.54) is 29.2 Å². The van der Waals surface area contributed by atoms with Crippen molar-refractivity contribution in [3.05, 3.63) is 66.0 Å². The summed E-state index contributed by atoms with van der Waals surface area (Å²) in [4.78, 5) is 37.6. The van der Waals surface area contributed by atoms with Crippen LogP contribution in [0.2, 0.25) is 0 Å². The molecule has 0 atom stereocenters. The molecular formula is C21H19FN2O4. The second kappa shape index (κ2) is 10.6. The number of halogens is 1. The molecule has 0 N–H and O–H groups in total. The van der Waals surface area contributed by atoms with Crippen LogP contribution in [0.4, 0.5) is 10.1 Å². The first-order valence-electron chi connectivity index (χ1n) is 8.68. The summed E-state index contributed by atoms with van der Waals surface area (Å²) < 4.78 is 17.8. The van der Waals surface area contributed by atoms with Gasteiger partial charge in [0.05, 0.1) is 18.9 Å². The summed E-state index contributed by atoms with van der Waals surface area (Å²) in [5, 5.41) is 8.77. The van der Waals surface area contributed by atoms with Crippen molar-refractivity contribution >= 4 is 23.3 Å². The molecule has 0 saturated carbocycles. The van der Waals surface area contributed by atoms with Crippen molar-refractivity contribution in [2.45, 2.75) is 19.3 Å². The first-order chi connectivity index (χ1) is 13.5. The quantitative estimate of drug-likeness (QED) is 0.491. The molecule has 7 heteroatoms. The Bertz CT molecular complexity index is 860. The third-order valence-corrected chi connectivity index (χ3v) is 3.90. The number of hydrogen-bond acceptors (Lipinski definition) is 5. The van der Waals surface area contributed by atoms with E-state index in [1.807, 2.05) is 6.07 Å². The maximum absolute atomic E-state index is 12.9. The van der Waals surface area contributed by atoms with Gasteiger partial charge in [0.25, 0.3) is 5.91 Å². The predicted molar refractivity (Wildman–Crippen MR) is 99.9 cm³/mol. The summed E-state index contributed by atoms with van der Waals surface area (Å²) >= 11 is 0. The SMILES string of the molecule is N#CCCN(C(=O)COC(=O)CCC(=O)c1ccc(F)cc1)c1ccccc1. The Labute approximate surface area is 162 Å². The number of ketones is 1. The van der Waals surface area contributed by atoms with Crippen molar-refractivity contribution in [2.75, 3.05) is 18.1 Å². The maximum Gasteiger partial charge on any atom is 0.306 e. The third-order valence-electron chi connectivity index (χ3n) is 3.90. The maximum atomic E-state index is 12.9. The summed E-state index contributed by atoms with van der Waals surface area (Å²) in [5.74, 6) is -1.91. The fourth-order valence-corrected chi connectivity index (χ4v) is 2.46. The third kappa shape index (κ3) is 6.32. The fourth-order valence-electron chi connectivity index (χ4n) is 2.46. The minimum Gasteiger partial charge on any atom is -0.456 e. The molecule has 1 amide bonds. The number of carbonyl (C=O) groups is 3. The van der Waals surface area contributed by atoms with Crippen molar-refractivity contribution < 1.29 is 23.5 Å². The molecule has 0 aliphatic carbocycles. The van der Waals surface area contributed by atoms with Gasteiger partial charge in [-0.3, -0.25) is 14.4 Å². The van der Waals surface area contributed by atoms with Crippen LogP contribution in [0, 0.1) is 17.1 Å². The van der Waals surface area contributed by atoms with Crippen LogP contribution in [0.1, 0.15) is 29.6 Å². The summed E-state index contributed by atoms with van der Waals surface area (Å²) in [6.07, 6.45) is -0.150. The van der Waals surface area contributed by atoms with Crippen LogP contribution in [0.25, 0.3) is 0 Å². The molecule has 2 rings (SSSR count). The topological polar surface area (TPSA) is 87.5 Å². The number of anilines is 1. The Hall–Kier alpha value is -3.53. The Morgan fingerprint density at radius 1 is 1.00 bits per heavy atom. The van der Waals surface area contributed by atoms with E-state index in [2.05, 4.69) is 0 Å². The highest BCUT2D eigenvalue weighted by Gasteiger charge is 2.18. The molecule has 0 fully saturated rings. The molecule has 0 aromatic heterocycles. The lowest BCUT2D eigenvalue weighted by Crippen LogP contribution is -2.35. The Morgan fingerprint density at radius 2 is 1.68 bits per heavy atom. The predicted octanol–water partition coefficient (Wildman–Crippen LogP) is 3.28. The molecule has 0 radical (unpaired) electrons. The lowest BCUT2D eigenvalue weighted by molar-refractivity contribution is -0.147. The standard InChI is InChI=1S/C21H19FN2O4/c22-17-9-7-16(8-10-17)19(25)11-12-21(27)28-15-20(26)24(14-4-13-23)18-5-2-1-3-6-18/h1-3,5-10H,4,11-12,14-15H2. The number of rotatable bonds is 9. The van der Waals surface area contributed by atoms with E-state index in [1.54, 1.807) is 30.3 Å². The molecule has 0 unspecified atom stereocenters. The van der Waals surface area contributed by atoms with Crippen LogP contribution in [-0.2, 0) is 14.3 Å². The van der Waals surface area contributed by atoms with Crippen molar-refractivity contribution in [3.63, 3.8) is 0 Å². The Kier molecular flexibility index (Phi) is 7.85. The average molecular weight is 382 g/mol. The minimum absolute atomic E-state index is 0.102. The monoisotopic (exact) mass is 382 g/mol. The number of hydrogen-bond donors (Lipinski definition) is 0. The molecule has 0 aliphatic heterocycles. The summed E-state index contributed by atoms with van der Waals surface area (Å²) in [5.41, 5.74) is 0.905. The molecule has 2 aromatic rings. The second-order valence-corrected chi connectivity index (χ2v) is 5.88. The molecule has 144 valence electrons. The highest BCUT2D eigenvalue weighted by Crippen LogP contribution is 2.14. The van der Waals surface area contributed by atoms with E-state index < -0.39 is 24.3 Å². The number of carbonyl (C=O) groups excluding carboxylic acids is 3. The first-order valence-corrected chi connectivity index (χ1v) is 8.68. The number of nitriles is 1. The smallest absolute Gasteiger partial charge is 0.306 e. The molecular weight excluding hydrogens is 363 g/mol. The number of Topliss-reactive ketones (excluding diaryl/α,β-unsaturated/α-hetero) is 1. The zero-order valence-electron chi connectivity index (χ0n) is 15.1. The number of amides is 1. The zero-order chi connectivity index (χ0) is 20.4. The van der Waals surface area contributed by atoms with Gasteiger partial charge in [-0.15, -0.1) is 0 Å². The van der Waals surface area contributed by atoms with E-state index in [4.69, 9.17) is 10.00 Å². The minimum atomic E-state index is -0.683. The normalized spacial score (nSPS) is 10.0. The number of ether oxygens (including phenoxy) is 1. The van der Waals surface area contributed by atoms with Gasteiger partial charge in [0, 0.05) is 24.2 Å². The van der Waals surface area contributed by atoms with Crippen molar-refractivity contribution in [2.24, 2.45) is 0 Å². The van der Waals surface area contributed by atoms with Crippen LogP contribution in [0.3, 0.4) is 0 Å². The van der Waals surface area contributed by atoms with Gasteiger partial charge in [0.2, 0.25) is 0 Å². The lowest BCUT2D eigenvalue weighted by atomic mass is 10.1. The molecule has 28 heavy (non-hydrogen) atoms. The van der Waals surface area contributed by atoms with Crippen LogP contribution >= 0.6 is 0 Å². The van der Waals surface area contributed by atoms with Crippen LogP contribution in [0.5, 0.6) is 0 Å². The van der Waals surface area contributed by atoms with Crippen LogP contribution in [0.15, 0.2) is 54.6 Å². The van der Waals surface area contributed by atoms with Gasteiger partial charge in [-0.25, -0.2) is 4.39 Å². The highest BCUT2D eigenvalue weighted by molar-refractivity contribution is 5.98. The van der Waals surface area contributed by atoms with E-state index in [-0.39, 0.29) is 31.6 Å². The van der Waals surface area contributed by atoms with Gasteiger partial charge < -0.3 is 9.64 Å². The largest absolute Gasteiger partial charge is 0.456 e. The summed E-state index contributed by atoms with van der Waals surface area (Å²) in [6, 6.07) is 15.8. The molecule has 2 aromatic carbocycles. The van der Waals surface area contributed by atoms with Gasteiger partial charge in [-0.05, 0) is 36.4 Å². The number of esters is 1. The second-order valence-electron chi connectivity index (χ2n) is 5.88. The van der Waals surface area contributed by atoms with Gasteiger partial charge in [-0.1, -0.05) is 18.2 Å². The lowest BCUT2D eigenvalue weighted by Gasteiger charge is -2.21. The molecule has 0 spiro atoms. The van der Waals surface area contributed by atoms with Crippen molar-refractivity contribution in [1.82, 2.24) is 0 Å². The van der Waals surface area contributed by atoms with Crippen molar-refractivity contribution in [1.29, 1.82) is 5.26 Å².